The molecule has 3 aromatic rings. The Morgan fingerprint density at radius 1 is 1.15 bits per heavy atom. The average molecular weight is 378 g/mol. The zero-order valence-electron chi connectivity index (χ0n) is 15.1. The smallest absolute Gasteiger partial charge is 0.220 e. The largest absolute Gasteiger partial charge is 0.481 e. The maximum absolute atomic E-state index is 12.0. The molecule has 1 heterocycles. The quantitative estimate of drug-likeness (QED) is 0.573. The van der Waals surface area contributed by atoms with Crippen LogP contribution in [-0.4, -0.2) is 24.0 Å². The number of thiazole rings is 1. The molecule has 0 fully saturated rings. The molecule has 0 saturated heterocycles. The van der Waals surface area contributed by atoms with Crippen molar-refractivity contribution in [2.24, 2.45) is 0 Å². The molecular formula is C22H22N2O2S. The summed E-state index contributed by atoms with van der Waals surface area (Å²) < 4.78 is 6.54. The second-order valence-corrected chi connectivity index (χ2v) is 7.28. The lowest BCUT2D eigenvalue weighted by atomic mass is 10.1. The van der Waals surface area contributed by atoms with E-state index in [2.05, 4.69) is 22.3 Å². The van der Waals surface area contributed by atoms with Gasteiger partial charge in [0.15, 0.2) is 0 Å². The number of hydrogen-bond donors (Lipinski definition) is 1. The molecule has 27 heavy (non-hydrogen) atoms. The minimum atomic E-state index is 0.0880. The highest BCUT2D eigenvalue weighted by molar-refractivity contribution is 7.18. The highest BCUT2D eigenvalue weighted by atomic mass is 32.1. The summed E-state index contributed by atoms with van der Waals surface area (Å²) in [4.78, 5) is 16.6. The standard InChI is InChI=1S/C22H22N2O2S/c1-2-16-26-18-12-10-17(11-13-18)14-15-23-21(25)8-5-9-22-24-19-6-3-4-7-20(19)27-22/h1,3-4,6-7,10-13H,5,8-9,14-16H2,(H,23,25). The van der Waals surface area contributed by atoms with Crippen molar-refractivity contribution in [1.29, 1.82) is 0 Å². The Hall–Kier alpha value is -2.84. The predicted octanol–water partition coefficient (Wildman–Crippen LogP) is 3.99. The van der Waals surface area contributed by atoms with Gasteiger partial charge in [-0.25, -0.2) is 4.98 Å². The number of nitrogens with zero attached hydrogens (tertiary/aromatic N) is 1. The second-order valence-electron chi connectivity index (χ2n) is 6.17. The first-order valence-corrected chi connectivity index (χ1v) is 9.82. The molecule has 3 rings (SSSR count). The van der Waals surface area contributed by atoms with Crippen LogP contribution < -0.4 is 10.1 Å². The second kappa shape index (κ2) is 9.75. The number of nitrogens with one attached hydrogen (secondary N) is 1. The fraction of sp³-hybridized carbons (Fsp3) is 0.273. The summed E-state index contributed by atoms with van der Waals surface area (Å²) >= 11 is 1.71. The van der Waals surface area contributed by atoms with Crippen LogP contribution >= 0.6 is 11.3 Å². The normalized spacial score (nSPS) is 10.5. The molecule has 1 amide bonds. The van der Waals surface area contributed by atoms with Gasteiger partial charge in [0.25, 0.3) is 0 Å². The third-order valence-corrected chi connectivity index (χ3v) is 5.21. The zero-order valence-corrected chi connectivity index (χ0v) is 15.9. The number of carbonyl (C=O) groups is 1. The Bertz CT molecular complexity index is 892. The van der Waals surface area contributed by atoms with Crippen LogP contribution in [-0.2, 0) is 17.6 Å². The molecule has 4 nitrogen and oxygen atoms in total. The molecule has 138 valence electrons. The first-order chi connectivity index (χ1) is 13.2. The number of benzene rings is 2. The molecular weight excluding hydrogens is 356 g/mol. The van der Waals surface area contributed by atoms with Crippen LogP contribution in [0.2, 0.25) is 0 Å². The molecule has 5 heteroatoms. The number of para-hydroxylation sites is 1. The van der Waals surface area contributed by atoms with Gasteiger partial charge in [0, 0.05) is 13.0 Å². The molecule has 1 aromatic heterocycles. The fourth-order valence-corrected chi connectivity index (χ4v) is 3.75. The van der Waals surface area contributed by atoms with Gasteiger partial charge in [-0.3, -0.25) is 4.79 Å². The first-order valence-electron chi connectivity index (χ1n) is 9.01. The first kappa shape index (κ1) is 18.9. The van der Waals surface area contributed by atoms with E-state index in [4.69, 9.17) is 11.2 Å². The number of aryl methyl sites for hydroxylation is 1. The van der Waals surface area contributed by atoms with E-state index in [-0.39, 0.29) is 12.5 Å². The van der Waals surface area contributed by atoms with Crippen molar-refractivity contribution in [3.05, 3.63) is 59.1 Å². The summed E-state index contributed by atoms with van der Waals surface area (Å²) in [5.74, 6) is 3.29. The number of terminal acetylenes is 1. The highest BCUT2D eigenvalue weighted by Crippen LogP contribution is 2.22. The molecule has 1 N–H and O–H groups in total. The van der Waals surface area contributed by atoms with Gasteiger partial charge < -0.3 is 10.1 Å². The topological polar surface area (TPSA) is 51.2 Å². The minimum absolute atomic E-state index is 0.0880. The molecule has 0 aliphatic heterocycles. The lowest BCUT2D eigenvalue weighted by Gasteiger charge is -2.06. The van der Waals surface area contributed by atoms with Crippen molar-refractivity contribution >= 4 is 27.5 Å². The molecule has 0 aliphatic carbocycles. The zero-order chi connectivity index (χ0) is 18.9. The molecule has 0 spiro atoms. The maximum Gasteiger partial charge on any atom is 0.220 e. The number of amides is 1. The van der Waals surface area contributed by atoms with Crippen molar-refractivity contribution in [3.8, 4) is 18.1 Å². The third kappa shape index (κ3) is 5.83. The molecule has 0 unspecified atom stereocenters. The SMILES string of the molecule is C#CCOc1ccc(CCNC(=O)CCCc2nc3ccccc3s2)cc1. The Kier molecular flexibility index (Phi) is 6.84. The number of rotatable bonds is 9. The van der Waals surface area contributed by atoms with Gasteiger partial charge >= 0.3 is 0 Å². The number of ether oxygens (including phenoxy) is 1. The number of carbonyl (C=O) groups excluding carboxylic acids is 1. The van der Waals surface area contributed by atoms with E-state index in [0.717, 1.165) is 41.1 Å². The van der Waals surface area contributed by atoms with Gasteiger partial charge in [-0.1, -0.05) is 30.2 Å². The van der Waals surface area contributed by atoms with E-state index in [0.29, 0.717) is 13.0 Å². The summed E-state index contributed by atoms with van der Waals surface area (Å²) in [6.07, 6.45) is 8.13. The summed E-state index contributed by atoms with van der Waals surface area (Å²) in [6.45, 7) is 0.900. The number of hydrogen-bond acceptors (Lipinski definition) is 4. The van der Waals surface area contributed by atoms with Crippen LogP contribution in [0, 0.1) is 12.3 Å². The van der Waals surface area contributed by atoms with Gasteiger partial charge in [0.1, 0.15) is 12.4 Å². The van der Waals surface area contributed by atoms with Crippen LogP contribution in [0.4, 0.5) is 0 Å². The van der Waals surface area contributed by atoms with Crippen molar-refractivity contribution in [3.63, 3.8) is 0 Å². The predicted molar refractivity (Wildman–Crippen MR) is 110 cm³/mol. The monoisotopic (exact) mass is 378 g/mol. The minimum Gasteiger partial charge on any atom is -0.481 e. The molecule has 0 aliphatic rings. The fourth-order valence-electron chi connectivity index (χ4n) is 2.74. The molecule has 0 radical (unpaired) electrons. The Labute approximate surface area is 163 Å². The summed E-state index contributed by atoms with van der Waals surface area (Å²) in [5, 5.41) is 4.07. The van der Waals surface area contributed by atoms with Crippen molar-refractivity contribution in [2.45, 2.75) is 25.7 Å². The van der Waals surface area contributed by atoms with E-state index < -0.39 is 0 Å². The Morgan fingerprint density at radius 2 is 1.96 bits per heavy atom. The number of aromatic nitrogens is 1. The van der Waals surface area contributed by atoms with E-state index in [1.807, 2.05) is 42.5 Å². The van der Waals surface area contributed by atoms with Crippen LogP contribution in [0.25, 0.3) is 10.2 Å². The van der Waals surface area contributed by atoms with Gasteiger partial charge in [0.2, 0.25) is 5.91 Å². The molecule has 2 aromatic carbocycles. The third-order valence-electron chi connectivity index (χ3n) is 4.11. The van der Waals surface area contributed by atoms with E-state index in [9.17, 15) is 4.79 Å². The summed E-state index contributed by atoms with van der Waals surface area (Å²) in [7, 11) is 0. The highest BCUT2D eigenvalue weighted by Gasteiger charge is 2.06. The molecule has 0 bridgehead atoms. The van der Waals surface area contributed by atoms with Crippen LogP contribution in [0.1, 0.15) is 23.4 Å². The van der Waals surface area contributed by atoms with E-state index in [1.165, 1.54) is 4.70 Å². The molecule has 0 atom stereocenters. The Morgan fingerprint density at radius 3 is 2.74 bits per heavy atom. The van der Waals surface area contributed by atoms with Gasteiger partial charge in [-0.2, -0.15) is 0 Å². The van der Waals surface area contributed by atoms with Crippen molar-refractivity contribution in [2.75, 3.05) is 13.2 Å². The summed E-state index contributed by atoms with van der Waals surface area (Å²) in [5.41, 5.74) is 2.19. The lowest BCUT2D eigenvalue weighted by molar-refractivity contribution is -0.121. The van der Waals surface area contributed by atoms with Crippen LogP contribution in [0.15, 0.2) is 48.5 Å². The van der Waals surface area contributed by atoms with Crippen LogP contribution in [0.5, 0.6) is 5.75 Å². The Balaban J connectivity index is 1.34. The maximum atomic E-state index is 12.0. The van der Waals surface area contributed by atoms with E-state index in [1.54, 1.807) is 11.3 Å². The van der Waals surface area contributed by atoms with E-state index >= 15 is 0 Å². The lowest BCUT2D eigenvalue weighted by Crippen LogP contribution is -2.25. The molecule has 0 saturated carbocycles. The average Bonchev–Trinajstić information content (AvgIpc) is 3.10. The van der Waals surface area contributed by atoms with Crippen molar-refractivity contribution < 1.29 is 9.53 Å². The van der Waals surface area contributed by atoms with Gasteiger partial charge in [-0.05, 0) is 49.1 Å². The van der Waals surface area contributed by atoms with Crippen LogP contribution in [0.3, 0.4) is 0 Å². The van der Waals surface area contributed by atoms with Gasteiger partial charge in [0.05, 0.1) is 15.2 Å². The van der Waals surface area contributed by atoms with Gasteiger partial charge in [-0.15, -0.1) is 17.8 Å². The van der Waals surface area contributed by atoms with Crippen molar-refractivity contribution in [1.82, 2.24) is 10.3 Å². The number of fused-ring (bicyclic) bond motifs is 1. The summed E-state index contributed by atoms with van der Waals surface area (Å²) in [6, 6.07) is 15.9.